The fourth-order valence-electron chi connectivity index (χ4n) is 2.85. The maximum atomic E-state index is 12.1. The summed E-state index contributed by atoms with van der Waals surface area (Å²) in [4.78, 5) is 16.3. The lowest BCUT2D eigenvalue weighted by atomic mass is 10.1. The average molecular weight is 443 g/mol. The second kappa shape index (κ2) is 10.6. The minimum atomic E-state index is -0.384. The number of hydrogen-bond donors (Lipinski definition) is 3. The summed E-state index contributed by atoms with van der Waals surface area (Å²) < 4.78 is 11.2. The number of nitrogen functional groups attached to an aromatic ring is 1. The van der Waals surface area contributed by atoms with Gasteiger partial charge in [-0.15, -0.1) is 10.2 Å². The van der Waals surface area contributed by atoms with Gasteiger partial charge in [-0.2, -0.15) is 0 Å². The van der Waals surface area contributed by atoms with Crippen LogP contribution in [0, 0.1) is 0 Å². The van der Waals surface area contributed by atoms with Gasteiger partial charge in [0.15, 0.2) is 10.8 Å². The highest BCUT2D eigenvalue weighted by Crippen LogP contribution is 2.30. The van der Waals surface area contributed by atoms with Gasteiger partial charge in [-0.05, 0) is 36.2 Å². The number of hydrogen-bond acceptors (Lipinski definition) is 8. The van der Waals surface area contributed by atoms with E-state index in [0.717, 1.165) is 11.3 Å². The van der Waals surface area contributed by atoms with Crippen LogP contribution in [-0.2, 0) is 17.8 Å². The van der Waals surface area contributed by atoms with Crippen molar-refractivity contribution in [3.8, 4) is 5.75 Å². The lowest BCUT2D eigenvalue weighted by molar-refractivity contribution is 0.0958. The van der Waals surface area contributed by atoms with Crippen LogP contribution in [0.3, 0.4) is 0 Å². The Bertz CT molecular complexity index is 1060. The largest absolute Gasteiger partial charge is 0.495 e. The number of carbonyl (C=O) groups is 1. The number of ether oxygens (including phenoxy) is 2. The number of carbonyl (C=O) groups excluding carboxylic acids is 1. The quantitative estimate of drug-likeness (QED) is 0.432. The first kappa shape index (κ1) is 22.3. The summed E-state index contributed by atoms with van der Waals surface area (Å²) in [6, 6.07) is 12.7. The molecule has 4 N–H and O–H groups in total. The molecule has 0 aliphatic heterocycles. The van der Waals surface area contributed by atoms with E-state index < -0.39 is 0 Å². The van der Waals surface area contributed by atoms with Crippen molar-refractivity contribution in [2.45, 2.75) is 13.0 Å². The van der Waals surface area contributed by atoms with Crippen molar-refractivity contribution in [2.24, 2.45) is 0 Å². The molecule has 0 unspecified atom stereocenters. The minimum absolute atomic E-state index is 0.123. The topological polar surface area (TPSA) is 124 Å². The molecule has 2 heterocycles. The number of amides is 1. The number of aromatic nitrogens is 3. The first-order valence-electron chi connectivity index (χ1n) is 9.48. The van der Waals surface area contributed by atoms with Gasteiger partial charge >= 0.3 is 0 Å². The molecule has 0 aliphatic rings. The lowest BCUT2D eigenvalue weighted by Gasteiger charge is -2.15. The minimum Gasteiger partial charge on any atom is -0.495 e. The molecule has 0 saturated carbocycles. The number of methoxy groups -OCH3 is 1. The summed E-state index contributed by atoms with van der Waals surface area (Å²) in [5.74, 6) is 0.684. The van der Waals surface area contributed by atoms with Crippen molar-refractivity contribution in [3.05, 3.63) is 64.6 Å². The van der Waals surface area contributed by atoms with Gasteiger partial charge in [0.1, 0.15) is 11.6 Å². The summed E-state index contributed by atoms with van der Waals surface area (Å²) in [7, 11) is 3.09. The Balaban J connectivity index is 1.71. The molecule has 0 saturated heterocycles. The molecule has 0 bridgehead atoms. The molecule has 3 rings (SSSR count). The molecule has 0 aliphatic carbocycles. The van der Waals surface area contributed by atoms with Crippen LogP contribution in [-0.4, -0.2) is 41.9 Å². The summed E-state index contributed by atoms with van der Waals surface area (Å²) in [6.07, 6.45) is 0.665. The number of nitrogens with two attached hydrogens (primary N) is 1. The van der Waals surface area contributed by atoms with E-state index in [9.17, 15) is 4.79 Å². The van der Waals surface area contributed by atoms with Gasteiger partial charge in [0.2, 0.25) is 0 Å². The molecule has 1 amide bonds. The SMILES string of the molecule is CNC(=O)c1nnc(Cl)cc1Nc1cc(CCOCc2cccc(N)n2)ccc1OC. The summed E-state index contributed by atoms with van der Waals surface area (Å²) in [5.41, 5.74) is 8.67. The normalized spacial score (nSPS) is 10.5. The Morgan fingerprint density at radius 1 is 1.16 bits per heavy atom. The highest BCUT2D eigenvalue weighted by molar-refractivity contribution is 6.29. The number of halogens is 1. The Hall–Kier alpha value is -3.43. The smallest absolute Gasteiger partial charge is 0.273 e. The predicted octanol–water partition coefficient (Wildman–Crippen LogP) is 2.98. The number of benzene rings is 1. The number of pyridine rings is 1. The molecule has 2 aromatic heterocycles. The first-order valence-corrected chi connectivity index (χ1v) is 9.86. The highest BCUT2D eigenvalue weighted by Gasteiger charge is 2.16. The molecule has 9 nitrogen and oxygen atoms in total. The van der Waals surface area contributed by atoms with Crippen molar-refractivity contribution in [3.63, 3.8) is 0 Å². The van der Waals surface area contributed by atoms with Gasteiger partial charge in [-0.25, -0.2) is 4.98 Å². The number of nitrogens with zero attached hydrogens (tertiary/aromatic N) is 3. The summed E-state index contributed by atoms with van der Waals surface area (Å²) in [5, 5.41) is 13.5. The highest BCUT2D eigenvalue weighted by atomic mass is 35.5. The summed E-state index contributed by atoms with van der Waals surface area (Å²) in [6.45, 7) is 0.872. The van der Waals surface area contributed by atoms with Crippen LogP contribution in [0.1, 0.15) is 21.7 Å². The average Bonchev–Trinajstić information content (AvgIpc) is 2.76. The van der Waals surface area contributed by atoms with Crippen LogP contribution in [0.15, 0.2) is 42.5 Å². The van der Waals surface area contributed by atoms with E-state index in [1.54, 1.807) is 13.2 Å². The van der Waals surface area contributed by atoms with Crippen LogP contribution < -0.4 is 21.1 Å². The molecule has 0 spiro atoms. The molecule has 31 heavy (non-hydrogen) atoms. The fraction of sp³-hybridized carbons (Fsp3) is 0.238. The van der Waals surface area contributed by atoms with Crippen LogP contribution >= 0.6 is 11.6 Å². The zero-order chi connectivity index (χ0) is 22.2. The molecule has 10 heteroatoms. The molecule has 0 atom stereocenters. The third kappa shape index (κ3) is 6.03. The van der Waals surface area contributed by atoms with Gasteiger partial charge in [0.05, 0.1) is 37.4 Å². The van der Waals surface area contributed by atoms with Crippen LogP contribution in [0.25, 0.3) is 0 Å². The molecule has 1 aromatic carbocycles. The van der Waals surface area contributed by atoms with E-state index in [2.05, 4.69) is 25.8 Å². The van der Waals surface area contributed by atoms with Crippen molar-refractivity contribution in [1.82, 2.24) is 20.5 Å². The Labute approximate surface area is 184 Å². The summed E-state index contributed by atoms with van der Waals surface area (Å²) >= 11 is 5.97. The second-order valence-corrected chi connectivity index (χ2v) is 6.91. The first-order chi connectivity index (χ1) is 15.0. The van der Waals surface area contributed by atoms with Gasteiger partial charge in [-0.1, -0.05) is 23.7 Å². The molecule has 0 radical (unpaired) electrons. The zero-order valence-electron chi connectivity index (χ0n) is 17.2. The van der Waals surface area contributed by atoms with Crippen molar-refractivity contribution in [2.75, 3.05) is 31.8 Å². The van der Waals surface area contributed by atoms with E-state index in [1.165, 1.54) is 13.1 Å². The molecular weight excluding hydrogens is 420 g/mol. The second-order valence-electron chi connectivity index (χ2n) is 6.52. The van der Waals surface area contributed by atoms with Crippen LogP contribution in [0.5, 0.6) is 5.75 Å². The third-order valence-corrected chi connectivity index (χ3v) is 4.54. The van der Waals surface area contributed by atoms with Gasteiger partial charge in [0.25, 0.3) is 5.91 Å². The maximum absolute atomic E-state index is 12.1. The number of nitrogens with one attached hydrogen (secondary N) is 2. The van der Waals surface area contributed by atoms with Gasteiger partial charge < -0.3 is 25.8 Å². The van der Waals surface area contributed by atoms with E-state index in [4.69, 9.17) is 26.8 Å². The predicted molar refractivity (Wildman–Crippen MR) is 119 cm³/mol. The third-order valence-electron chi connectivity index (χ3n) is 4.35. The Morgan fingerprint density at radius 2 is 2.00 bits per heavy atom. The fourth-order valence-corrected chi connectivity index (χ4v) is 2.99. The van der Waals surface area contributed by atoms with E-state index in [1.807, 2.05) is 30.3 Å². The molecular formula is C21H23ClN6O3. The van der Waals surface area contributed by atoms with Crippen LogP contribution in [0.2, 0.25) is 5.15 Å². The number of rotatable bonds is 9. The van der Waals surface area contributed by atoms with Crippen molar-refractivity contribution < 1.29 is 14.3 Å². The Kier molecular flexibility index (Phi) is 7.58. The molecule has 3 aromatic rings. The van der Waals surface area contributed by atoms with E-state index in [0.29, 0.717) is 42.6 Å². The maximum Gasteiger partial charge on any atom is 0.273 e. The van der Waals surface area contributed by atoms with Gasteiger partial charge in [-0.3, -0.25) is 4.79 Å². The van der Waals surface area contributed by atoms with Crippen molar-refractivity contribution >= 4 is 34.7 Å². The van der Waals surface area contributed by atoms with E-state index >= 15 is 0 Å². The zero-order valence-corrected chi connectivity index (χ0v) is 17.9. The lowest BCUT2D eigenvalue weighted by Crippen LogP contribution is -2.21. The monoisotopic (exact) mass is 442 g/mol. The van der Waals surface area contributed by atoms with Crippen molar-refractivity contribution in [1.29, 1.82) is 0 Å². The number of anilines is 3. The van der Waals surface area contributed by atoms with Gasteiger partial charge in [0, 0.05) is 13.1 Å². The molecule has 162 valence electrons. The molecule has 0 fully saturated rings. The van der Waals surface area contributed by atoms with E-state index in [-0.39, 0.29) is 16.8 Å². The Morgan fingerprint density at radius 3 is 2.74 bits per heavy atom. The van der Waals surface area contributed by atoms with Crippen LogP contribution in [0.4, 0.5) is 17.2 Å². The standard InChI is InChI=1S/C21H23ClN6O3/c1-24-21(29)20-16(11-18(22)27-28-20)26-15-10-13(6-7-17(15)30-2)8-9-31-12-14-4-3-5-19(23)25-14/h3-7,10-11H,8-9,12H2,1-2H3,(H2,23,25)(H,24,29)(H,26,27).